The summed E-state index contributed by atoms with van der Waals surface area (Å²) < 4.78 is 72.9. The standard InChI is InChI=1S/C3H4F6N4/c4-1-2-10-3(5,6)11(7)13(9)12(10)8/h1-2H2. The Bertz CT molecular complexity index is 189. The zero-order chi connectivity index (χ0) is 10.2. The van der Waals surface area contributed by atoms with Gasteiger partial charge in [-0.1, -0.05) is 8.96 Å². The molecule has 0 N–H and O–H groups in total. The lowest BCUT2D eigenvalue weighted by Crippen LogP contribution is -2.46. The summed E-state index contributed by atoms with van der Waals surface area (Å²) in [5, 5.41) is -5.54. The zero-order valence-corrected chi connectivity index (χ0v) is 5.97. The molecular formula is C3H4F6N4. The number of hydrogen-bond acceptors (Lipinski definition) is 4. The maximum atomic E-state index is 12.4. The van der Waals surface area contributed by atoms with Gasteiger partial charge in [-0.25, -0.2) is 4.39 Å². The topological polar surface area (TPSA) is 13.0 Å². The molecule has 0 bridgehead atoms. The number of nitrogens with zero attached hydrogens (tertiary/aromatic N) is 4. The average molecular weight is 210 g/mol. The molecule has 0 aromatic rings. The minimum Gasteiger partial charge on any atom is -0.250 e. The van der Waals surface area contributed by atoms with Crippen LogP contribution in [0.1, 0.15) is 0 Å². The summed E-state index contributed by atoms with van der Waals surface area (Å²) in [5.74, 6) is 0. The van der Waals surface area contributed by atoms with Crippen molar-refractivity contribution in [3.05, 3.63) is 0 Å². The van der Waals surface area contributed by atoms with Gasteiger partial charge in [-0.15, -0.1) is 9.49 Å². The van der Waals surface area contributed by atoms with Gasteiger partial charge in [0, 0.05) is 0 Å². The minimum atomic E-state index is -4.57. The van der Waals surface area contributed by atoms with Crippen LogP contribution in [0.15, 0.2) is 0 Å². The fraction of sp³-hybridized carbons (Fsp3) is 1.00. The van der Waals surface area contributed by atoms with E-state index in [0.29, 0.717) is 0 Å². The SMILES string of the molecule is FCCN1N(F)N(F)N(F)C1(F)F. The van der Waals surface area contributed by atoms with Crippen LogP contribution in [0.2, 0.25) is 0 Å². The highest BCUT2D eigenvalue weighted by atomic mass is 19.3. The normalized spacial score (nSPS) is 27.2. The largest absolute Gasteiger partial charge is 0.427 e. The lowest BCUT2D eigenvalue weighted by Gasteiger charge is -2.20. The Balaban J connectivity index is 2.82. The Morgan fingerprint density at radius 2 is 1.54 bits per heavy atom. The van der Waals surface area contributed by atoms with E-state index in [0.717, 1.165) is 0 Å². The highest BCUT2D eigenvalue weighted by molar-refractivity contribution is 4.62. The smallest absolute Gasteiger partial charge is 0.250 e. The van der Waals surface area contributed by atoms with Crippen molar-refractivity contribution in [1.29, 1.82) is 0 Å². The van der Waals surface area contributed by atoms with Gasteiger partial charge in [-0.2, -0.15) is 8.78 Å². The van der Waals surface area contributed by atoms with Crippen LogP contribution in [0.25, 0.3) is 0 Å². The van der Waals surface area contributed by atoms with Crippen molar-refractivity contribution in [1.82, 2.24) is 20.9 Å². The molecule has 1 rings (SSSR count). The molecule has 13 heavy (non-hydrogen) atoms. The molecule has 4 nitrogen and oxygen atoms in total. The van der Waals surface area contributed by atoms with E-state index >= 15 is 0 Å². The summed E-state index contributed by atoms with van der Waals surface area (Å²) >= 11 is 0. The highest BCUT2D eigenvalue weighted by Crippen LogP contribution is 2.36. The van der Waals surface area contributed by atoms with Gasteiger partial charge in [0.25, 0.3) is 0 Å². The molecule has 10 heteroatoms. The fourth-order valence-electron chi connectivity index (χ4n) is 0.745. The predicted molar refractivity (Wildman–Crippen MR) is 26.5 cm³/mol. The average Bonchev–Trinajstić information content (AvgIpc) is 2.20. The minimum absolute atomic E-state index is 0.757. The van der Waals surface area contributed by atoms with Crippen LogP contribution in [0.5, 0.6) is 0 Å². The molecule has 0 aliphatic carbocycles. The van der Waals surface area contributed by atoms with Gasteiger partial charge in [0.05, 0.1) is 22.5 Å². The van der Waals surface area contributed by atoms with Gasteiger partial charge in [-0.05, 0) is 0 Å². The summed E-state index contributed by atoms with van der Waals surface area (Å²) in [6.45, 7) is -2.55. The van der Waals surface area contributed by atoms with Crippen LogP contribution in [0.3, 0.4) is 0 Å². The van der Waals surface area contributed by atoms with Gasteiger partial charge in [0.1, 0.15) is 6.67 Å². The maximum Gasteiger partial charge on any atom is 0.427 e. The molecule has 1 aliphatic rings. The van der Waals surface area contributed by atoms with Crippen LogP contribution in [-0.4, -0.2) is 40.3 Å². The van der Waals surface area contributed by atoms with Crippen molar-refractivity contribution in [2.45, 2.75) is 6.17 Å². The predicted octanol–water partition coefficient (Wildman–Crippen LogP) is 1.13. The van der Waals surface area contributed by atoms with Crippen molar-refractivity contribution in [2.24, 2.45) is 0 Å². The number of halogens is 6. The molecule has 0 atom stereocenters. The van der Waals surface area contributed by atoms with Crippen LogP contribution < -0.4 is 0 Å². The Morgan fingerprint density at radius 3 is 1.85 bits per heavy atom. The second-order valence-electron chi connectivity index (χ2n) is 2.06. The van der Waals surface area contributed by atoms with Crippen LogP contribution >= 0.6 is 0 Å². The molecule has 0 amide bonds. The Hall–Kier alpha value is -0.580. The molecule has 1 fully saturated rings. The summed E-state index contributed by atoms with van der Waals surface area (Å²) in [4.78, 5) is 0. The molecular weight excluding hydrogens is 206 g/mol. The molecule has 1 aliphatic heterocycles. The van der Waals surface area contributed by atoms with E-state index in [1.807, 2.05) is 0 Å². The van der Waals surface area contributed by atoms with Crippen LogP contribution in [0.4, 0.5) is 26.6 Å². The molecule has 0 spiro atoms. The van der Waals surface area contributed by atoms with Crippen molar-refractivity contribution >= 4 is 0 Å². The number of hydrogen-bond donors (Lipinski definition) is 0. The molecule has 0 radical (unpaired) electrons. The van der Waals surface area contributed by atoms with Crippen LogP contribution in [-0.2, 0) is 0 Å². The summed E-state index contributed by atoms with van der Waals surface area (Å²) in [7, 11) is 0. The first-order valence-corrected chi connectivity index (χ1v) is 3.02. The molecule has 0 unspecified atom stereocenters. The number of hydrazine groups is 3. The molecule has 0 aromatic carbocycles. The number of alkyl halides is 3. The first-order chi connectivity index (χ1) is 5.92. The summed E-state index contributed by atoms with van der Waals surface area (Å²) in [6, 6.07) is 0. The Morgan fingerprint density at radius 1 is 1.00 bits per heavy atom. The molecule has 0 aromatic heterocycles. The monoisotopic (exact) mass is 210 g/mol. The van der Waals surface area contributed by atoms with Crippen molar-refractivity contribution in [3.8, 4) is 0 Å². The van der Waals surface area contributed by atoms with Gasteiger partial charge in [0.2, 0.25) is 0 Å². The summed E-state index contributed by atoms with van der Waals surface area (Å²) in [5.41, 5.74) is 0. The van der Waals surface area contributed by atoms with E-state index < -0.39 is 40.3 Å². The lowest BCUT2D eigenvalue weighted by molar-refractivity contribution is -0.416. The van der Waals surface area contributed by atoms with Crippen LogP contribution in [0, 0.1) is 0 Å². The van der Waals surface area contributed by atoms with Gasteiger partial charge in [0.15, 0.2) is 0 Å². The van der Waals surface area contributed by atoms with Crippen molar-refractivity contribution in [2.75, 3.05) is 13.2 Å². The van der Waals surface area contributed by atoms with Crippen molar-refractivity contribution < 1.29 is 26.6 Å². The van der Waals surface area contributed by atoms with E-state index in [2.05, 4.69) is 0 Å². The highest BCUT2D eigenvalue weighted by Gasteiger charge is 2.62. The Kier molecular flexibility index (Phi) is 2.66. The van der Waals surface area contributed by atoms with Gasteiger partial charge < -0.3 is 0 Å². The quantitative estimate of drug-likeness (QED) is 0.384. The maximum absolute atomic E-state index is 12.4. The fourth-order valence-corrected chi connectivity index (χ4v) is 0.745. The third-order valence-corrected chi connectivity index (χ3v) is 1.31. The zero-order valence-electron chi connectivity index (χ0n) is 5.97. The van der Waals surface area contributed by atoms with E-state index in [4.69, 9.17) is 0 Å². The number of rotatable bonds is 2. The third-order valence-electron chi connectivity index (χ3n) is 1.31. The molecule has 1 saturated heterocycles. The molecule has 78 valence electrons. The van der Waals surface area contributed by atoms with E-state index in [-0.39, 0.29) is 0 Å². The van der Waals surface area contributed by atoms with Gasteiger partial charge >= 0.3 is 6.17 Å². The first-order valence-electron chi connectivity index (χ1n) is 3.02. The van der Waals surface area contributed by atoms with E-state index in [1.165, 1.54) is 0 Å². The lowest BCUT2D eigenvalue weighted by atomic mass is 10.7. The van der Waals surface area contributed by atoms with E-state index in [1.54, 1.807) is 0 Å². The second-order valence-corrected chi connectivity index (χ2v) is 2.06. The second kappa shape index (κ2) is 3.29. The molecule has 1 heterocycles. The third kappa shape index (κ3) is 1.45. The summed E-state index contributed by atoms with van der Waals surface area (Å²) in [6.07, 6.45) is -4.57. The first kappa shape index (κ1) is 10.5. The molecule has 0 saturated carbocycles. The van der Waals surface area contributed by atoms with Crippen molar-refractivity contribution in [3.63, 3.8) is 0 Å². The van der Waals surface area contributed by atoms with E-state index in [9.17, 15) is 26.6 Å². The van der Waals surface area contributed by atoms with Gasteiger partial charge in [-0.3, -0.25) is 0 Å². The Labute approximate surface area is 68.2 Å².